The molecule has 0 aliphatic carbocycles. The Labute approximate surface area is 112 Å². The van der Waals surface area contributed by atoms with Crippen molar-refractivity contribution in [1.82, 2.24) is 10.2 Å². The Hall–Kier alpha value is -0.610. The van der Waals surface area contributed by atoms with Crippen molar-refractivity contribution < 1.29 is 9.53 Å². The van der Waals surface area contributed by atoms with Gasteiger partial charge >= 0.3 is 5.97 Å². The molecule has 18 heavy (non-hydrogen) atoms. The molecule has 0 spiro atoms. The minimum Gasteiger partial charge on any atom is -0.459 e. The number of nitrogens with zero attached hydrogens (tertiary/aromatic N) is 1. The van der Waals surface area contributed by atoms with Gasteiger partial charge in [0.15, 0.2) is 0 Å². The maximum absolute atomic E-state index is 11.9. The molecule has 2 atom stereocenters. The fraction of sp³-hybridized carbons (Fsp3) is 0.929. The van der Waals surface area contributed by atoms with E-state index in [-0.39, 0.29) is 18.1 Å². The van der Waals surface area contributed by atoms with Crippen LogP contribution >= 0.6 is 0 Å². The fourth-order valence-electron chi connectivity index (χ4n) is 1.63. The van der Waals surface area contributed by atoms with Crippen LogP contribution in [0.4, 0.5) is 0 Å². The molecule has 0 rings (SSSR count). The van der Waals surface area contributed by atoms with Crippen molar-refractivity contribution >= 4 is 5.97 Å². The minimum atomic E-state index is -0.429. The molecule has 0 aromatic rings. The summed E-state index contributed by atoms with van der Waals surface area (Å²) >= 11 is 0. The summed E-state index contributed by atoms with van der Waals surface area (Å²) in [5.41, 5.74) is -0.429. The second kappa shape index (κ2) is 7.10. The van der Waals surface area contributed by atoms with Crippen molar-refractivity contribution in [3.8, 4) is 0 Å². The zero-order chi connectivity index (χ0) is 14.5. The maximum atomic E-state index is 11.9. The van der Waals surface area contributed by atoms with Crippen molar-refractivity contribution in [1.29, 1.82) is 0 Å². The second-order valence-electron chi connectivity index (χ2n) is 6.53. The van der Waals surface area contributed by atoms with Gasteiger partial charge in [-0.1, -0.05) is 13.8 Å². The molecule has 4 heteroatoms. The molecular weight excluding hydrogens is 228 g/mol. The van der Waals surface area contributed by atoms with E-state index in [1.807, 2.05) is 41.8 Å². The lowest BCUT2D eigenvalue weighted by molar-refractivity contribution is -0.157. The Morgan fingerprint density at radius 3 is 2.06 bits per heavy atom. The van der Waals surface area contributed by atoms with Gasteiger partial charge in [-0.15, -0.1) is 0 Å². The molecule has 0 saturated heterocycles. The maximum Gasteiger partial charge on any atom is 0.323 e. The van der Waals surface area contributed by atoms with Gasteiger partial charge < -0.3 is 15.0 Å². The Balaban J connectivity index is 4.41. The van der Waals surface area contributed by atoms with Crippen molar-refractivity contribution in [3.63, 3.8) is 0 Å². The quantitative estimate of drug-likeness (QED) is 0.739. The van der Waals surface area contributed by atoms with Crippen LogP contribution in [0.3, 0.4) is 0 Å². The summed E-state index contributed by atoms with van der Waals surface area (Å²) in [4.78, 5) is 14.0. The van der Waals surface area contributed by atoms with Gasteiger partial charge in [-0.3, -0.25) is 4.79 Å². The number of hydrogen-bond donors (Lipinski definition) is 1. The predicted octanol–water partition coefficient (Wildman–Crippen LogP) is 1.89. The summed E-state index contributed by atoms with van der Waals surface area (Å²) in [6.45, 7) is 12.7. The number of ether oxygens (including phenoxy) is 1. The average Bonchev–Trinajstić information content (AvgIpc) is 2.12. The lowest BCUT2D eigenvalue weighted by Crippen LogP contribution is -2.50. The average molecular weight is 258 g/mol. The Kier molecular flexibility index (Phi) is 6.86. The van der Waals surface area contributed by atoms with E-state index < -0.39 is 5.60 Å². The number of carbonyl (C=O) groups is 1. The Morgan fingerprint density at radius 1 is 1.22 bits per heavy atom. The lowest BCUT2D eigenvalue weighted by Gasteiger charge is -2.29. The standard InChI is InChI=1S/C14H30N2O2/c1-10(2)12(9-16(7)8)15-11(3)13(17)18-14(4,5)6/h10-12,15H,9H2,1-8H3. The van der Waals surface area contributed by atoms with Crippen LogP contribution in [0.1, 0.15) is 41.5 Å². The number of hydrogen-bond acceptors (Lipinski definition) is 4. The molecule has 0 aliphatic heterocycles. The molecule has 108 valence electrons. The van der Waals surface area contributed by atoms with Crippen molar-refractivity contribution in [2.45, 2.75) is 59.2 Å². The summed E-state index contributed by atoms with van der Waals surface area (Å²) in [6.07, 6.45) is 0. The fourth-order valence-corrected chi connectivity index (χ4v) is 1.63. The van der Waals surface area contributed by atoms with E-state index in [0.717, 1.165) is 6.54 Å². The molecule has 4 nitrogen and oxygen atoms in total. The van der Waals surface area contributed by atoms with E-state index in [1.54, 1.807) is 0 Å². The second-order valence-corrected chi connectivity index (χ2v) is 6.53. The number of esters is 1. The van der Waals surface area contributed by atoms with Crippen LogP contribution in [0.5, 0.6) is 0 Å². The van der Waals surface area contributed by atoms with Crippen LogP contribution in [0.15, 0.2) is 0 Å². The zero-order valence-corrected chi connectivity index (χ0v) is 13.2. The van der Waals surface area contributed by atoms with Crippen molar-refractivity contribution in [3.05, 3.63) is 0 Å². The van der Waals surface area contributed by atoms with Crippen LogP contribution in [-0.4, -0.2) is 49.2 Å². The first-order chi connectivity index (χ1) is 8.03. The van der Waals surface area contributed by atoms with Gasteiger partial charge in [0.1, 0.15) is 11.6 Å². The van der Waals surface area contributed by atoms with Crippen molar-refractivity contribution in [2.75, 3.05) is 20.6 Å². The molecule has 2 unspecified atom stereocenters. The van der Waals surface area contributed by atoms with E-state index in [2.05, 4.69) is 24.1 Å². The van der Waals surface area contributed by atoms with E-state index in [0.29, 0.717) is 5.92 Å². The SMILES string of the molecule is CC(NC(CN(C)C)C(C)C)C(=O)OC(C)(C)C. The van der Waals surface area contributed by atoms with Crippen LogP contribution in [0, 0.1) is 5.92 Å². The summed E-state index contributed by atoms with van der Waals surface area (Å²) in [5.74, 6) is 0.282. The molecular formula is C14H30N2O2. The summed E-state index contributed by atoms with van der Waals surface area (Å²) in [7, 11) is 4.07. The van der Waals surface area contributed by atoms with Gasteiger partial charge in [0.25, 0.3) is 0 Å². The first-order valence-corrected chi connectivity index (χ1v) is 6.66. The molecule has 0 radical (unpaired) electrons. The lowest BCUT2D eigenvalue weighted by atomic mass is 10.0. The molecule has 0 aromatic heterocycles. The first-order valence-electron chi connectivity index (χ1n) is 6.66. The molecule has 0 amide bonds. The van der Waals surface area contributed by atoms with Gasteiger partial charge in [0, 0.05) is 12.6 Å². The monoisotopic (exact) mass is 258 g/mol. The highest BCUT2D eigenvalue weighted by atomic mass is 16.6. The minimum absolute atomic E-state index is 0.188. The highest BCUT2D eigenvalue weighted by molar-refractivity contribution is 5.75. The Morgan fingerprint density at radius 2 is 1.72 bits per heavy atom. The number of rotatable bonds is 6. The van der Waals surface area contributed by atoms with Crippen LogP contribution in [0.2, 0.25) is 0 Å². The smallest absolute Gasteiger partial charge is 0.323 e. The molecule has 0 saturated carbocycles. The van der Waals surface area contributed by atoms with E-state index in [9.17, 15) is 4.79 Å². The van der Waals surface area contributed by atoms with Gasteiger partial charge in [0.05, 0.1) is 0 Å². The molecule has 0 aromatic carbocycles. The molecule has 0 fully saturated rings. The summed E-state index contributed by atoms with van der Waals surface area (Å²) in [5, 5.41) is 3.35. The highest BCUT2D eigenvalue weighted by Gasteiger charge is 2.25. The normalized spacial score (nSPS) is 15.9. The summed E-state index contributed by atoms with van der Waals surface area (Å²) < 4.78 is 5.37. The van der Waals surface area contributed by atoms with Crippen LogP contribution in [0.25, 0.3) is 0 Å². The van der Waals surface area contributed by atoms with Crippen molar-refractivity contribution in [2.24, 2.45) is 5.92 Å². The third kappa shape index (κ3) is 7.67. The van der Waals surface area contributed by atoms with Gasteiger partial charge in [-0.2, -0.15) is 0 Å². The Bertz CT molecular complexity index is 257. The largest absolute Gasteiger partial charge is 0.459 e. The highest BCUT2D eigenvalue weighted by Crippen LogP contribution is 2.10. The van der Waals surface area contributed by atoms with Gasteiger partial charge in [-0.25, -0.2) is 0 Å². The van der Waals surface area contributed by atoms with Gasteiger partial charge in [0.2, 0.25) is 0 Å². The third-order valence-corrected chi connectivity index (χ3v) is 2.59. The van der Waals surface area contributed by atoms with E-state index >= 15 is 0 Å². The zero-order valence-electron chi connectivity index (χ0n) is 13.2. The first kappa shape index (κ1) is 17.4. The molecule has 0 heterocycles. The topological polar surface area (TPSA) is 41.6 Å². The van der Waals surface area contributed by atoms with Gasteiger partial charge in [-0.05, 0) is 47.7 Å². The molecule has 0 bridgehead atoms. The van der Waals surface area contributed by atoms with Crippen LogP contribution < -0.4 is 5.32 Å². The number of likely N-dealkylation sites (N-methyl/N-ethyl adjacent to an activating group) is 1. The number of nitrogens with one attached hydrogen (secondary N) is 1. The number of carbonyl (C=O) groups excluding carboxylic acids is 1. The van der Waals surface area contributed by atoms with E-state index in [4.69, 9.17) is 4.74 Å². The van der Waals surface area contributed by atoms with Crippen LogP contribution in [-0.2, 0) is 9.53 Å². The predicted molar refractivity (Wildman–Crippen MR) is 75.6 cm³/mol. The third-order valence-electron chi connectivity index (χ3n) is 2.59. The summed E-state index contributed by atoms with van der Waals surface area (Å²) in [6, 6.07) is -0.000839. The molecule has 0 aliphatic rings. The van der Waals surface area contributed by atoms with E-state index in [1.165, 1.54) is 0 Å². The molecule has 1 N–H and O–H groups in total.